The summed E-state index contributed by atoms with van der Waals surface area (Å²) in [6, 6.07) is 15.4. The Hall–Kier alpha value is -4.27. The smallest absolute Gasteiger partial charge is 0.360 e. The number of nitrogens with zero attached hydrogens (tertiary/aromatic N) is 6. The molecule has 9 heteroatoms. The predicted octanol–water partition coefficient (Wildman–Crippen LogP) is 3.04. The first-order valence-electron chi connectivity index (χ1n) is 9.57. The third-order valence-corrected chi connectivity index (χ3v) is 4.99. The van der Waals surface area contributed by atoms with Gasteiger partial charge in [0.05, 0.1) is 13.3 Å². The van der Waals surface area contributed by atoms with Crippen LogP contribution in [0.25, 0.3) is 27.7 Å². The third kappa shape index (κ3) is 3.16. The van der Waals surface area contributed by atoms with Gasteiger partial charge >= 0.3 is 5.97 Å². The van der Waals surface area contributed by atoms with E-state index < -0.39 is 5.97 Å². The number of fused-ring (bicyclic) bond motifs is 3. The van der Waals surface area contributed by atoms with Crippen molar-refractivity contribution in [1.29, 1.82) is 0 Å². The monoisotopic (exact) mass is 414 g/mol. The normalized spacial score (nSPS) is 11.2. The lowest BCUT2D eigenvalue weighted by molar-refractivity contribution is 0.0585. The standard InChI is InChI=1S/C22H18N6O3/c1-27-11-17(25-26-27)15-9-6-10-16-18(15)21-23-13-24-28(21)19(22(29)30-2)20(16)31-12-14-7-4-3-5-8-14/h3-11,13H,12H2,1-2H3. The lowest BCUT2D eigenvalue weighted by Gasteiger charge is -2.16. The number of pyridine rings is 1. The van der Waals surface area contributed by atoms with Gasteiger partial charge in [0.15, 0.2) is 17.1 Å². The first kappa shape index (κ1) is 18.7. The highest BCUT2D eigenvalue weighted by atomic mass is 16.5. The molecule has 31 heavy (non-hydrogen) atoms. The van der Waals surface area contributed by atoms with Crippen LogP contribution in [0.3, 0.4) is 0 Å². The molecule has 0 amide bonds. The summed E-state index contributed by atoms with van der Waals surface area (Å²) in [7, 11) is 3.13. The van der Waals surface area contributed by atoms with E-state index in [4.69, 9.17) is 9.47 Å². The van der Waals surface area contributed by atoms with E-state index in [1.165, 1.54) is 18.0 Å². The minimum absolute atomic E-state index is 0.176. The van der Waals surface area contributed by atoms with Gasteiger partial charge in [-0.1, -0.05) is 53.7 Å². The van der Waals surface area contributed by atoms with E-state index in [0.29, 0.717) is 22.5 Å². The molecular formula is C22H18N6O3. The summed E-state index contributed by atoms with van der Waals surface area (Å²) in [5, 5.41) is 14.0. The molecule has 0 unspecified atom stereocenters. The molecule has 5 rings (SSSR count). The predicted molar refractivity (Wildman–Crippen MR) is 113 cm³/mol. The second-order valence-electron chi connectivity index (χ2n) is 6.94. The fourth-order valence-corrected chi connectivity index (χ4v) is 3.62. The van der Waals surface area contributed by atoms with E-state index >= 15 is 0 Å². The molecule has 0 saturated carbocycles. The second kappa shape index (κ2) is 7.52. The Morgan fingerprint density at radius 1 is 1.10 bits per heavy atom. The number of hydrogen-bond acceptors (Lipinski definition) is 7. The number of ether oxygens (including phenoxy) is 2. The Kier molecular flexibility index (Phi) is 4.55. The molecule has 5 aromatic rings. The molecule has 154 valence electrons. The van der Waals surface area contributed by atoms with Gasteiger partial charge in [0.25, 0.3) is 0 Å². The summed E-state index contributed by atoms with van der Waals surface area (Å²) >= 11 is 0. The Morgan fingerprint density at radius 2 is 1.94 bits per heavy atom. The molecule has 3 heterocycles. The van der Waals surface area contributed by atoms with Crippen molar-refractivity contribution in [3.63, 3.8) is 0 Å². The molecule has 0 bridgehead atoms. The lowest BCUT2D eigenvalue weighted by Crippen LogP contribution is -2.13. The molecule has 0 aliphatic heterocycles. The van der Waals surface area contributed by atoms with Gasteiger partial charge in [0, 0.05) is 23.4 Å². The number of carbonyl (C=O) groups is 1. The fourth-order valence-electron chi connectivity index (χ4n) is 3.62. The maximum absolute atomic E-state index is 12.7. The highest BCUT2D eigenvalue weighted by Gasteiger charge is 2.26. The van der Waals surface area contributed by atoms with Crippen LogP contribution in [0.5, 0.6) is 5.75 Å². The molecular weight excluding hydrogens is 396 g/mol. The molecule has 0 saturated heterocycles. The van der Waals surface area contributed by atoms with E-state index in [-0.39, 0.29) is 12.3 Å². The molecule has 0 atom stereocenters. The molecule has 0 fully saturated rings. The van der Waals surface area contributed by atoms with E-state index in [1.54, 1.807) is 11.7 Å². The summed E-state index contributed by atoms with van der Waals surface area (Å²) in [4.78, 5) is 17.2. The van der Waals surface area contributed by atoms with Crippen LogP contribution in [0, 0.1) is 0 Å². The van der Waals surface area contributed by atoms with Gasteiger partial charge in [-0.3, -0.25) is 4.68 Å². The molecule has 0 radical (unpaired) electrons. The number of benzene rings is 2. The summed E-state index contributed by atoms with van der Waals surface area (Å²) in [5.74, 6) is -0.195. The highest BCUT2D eigenvalue weighted by Crippen LogP contribution is 2.38. The van der Waals surface area contributed by atoms with E-state index in [9.17, 15) is 4.79 Å². The van der Waals surface area contributed by atoms with Gasteiger partial charge in [-0.05, 0) is 5.56 Å². The molecule has 9 nitrogen and oxygen atoms in total. The van der Waals surface area contributed by atoms with Crippen molar-refractivity contribution in [1.82, 2.24) is 29.6 Å². The average molecular weight is 414 g/mol. The lowest BCUT2D eigenvalue weighted by atomic mass is 10.0. The van der Waals surface area contributed by atoms with Crippen LogP contribution in [-0.2, 0) is 18.4 Å². The Bertz CT molecular complexity index is 1410. The topological polar surface area (TPSA) is 96.4 Å². The first-order chi connectivity index (χ1) is 15.2. The van der Waals surface area contributed by atoms with E-state index in [0.717, 1.165) is 16.5 Å². The van der Waals surface area contributed by atoms with E-state index in [2.05, 4.69) is 20.4 Å². The van der Waals surface area contributed by atoms with Gasteiger partial charge < -0.3 is 9.47 Å². The van der Waals surface area contributed by atoms with Crippen LogP contribution in [0.15, 0.2) is 61.1 Å². The number of methoxy groups -OCH3 is 1. The molecule has 2 aromatic carbocycles. The van der Waals surface area contributed by atoms with Crippen molar-refractivity contribution in [3.8, 4) is 17.0 Å². The molecule has 0 aliphatic rings. The molecule has 3 aromatic heterocycles. The van der Waals surface area contributed by atoms with Gasteiger partial charge in [0.2, 0.25) is 0 Å². The maximum Gasteiger partial charge on any atom is 0.360 e. The summed E-state index contributed by atoms with van der Waals surface area (Å²) in [5.41, 5.74) is 3.14. The third-order valence-electron chi connectivity index (χ3n) is 4.99. The van der Waals surface area contributed by atoms with E-state index in [1.807, 2.05) is 54.7 Å². The van der Waals surface area contributed by atoms with Crippen LogP contribution in [-0.4, -0.2) is 42.7 Å². The second-order valence-corrected chi connectivity index (χ2v) is 6.94. The minimum atomic E-state index is -0.564. The average Bonchev–Trinajstić information content (AvgIpc) is 3.46. The van der Waals surface area contributed by atoms with Crippen molar-refractivity contribution >= 4 is 22.4 Å². The van der Waals surface area contributed by atoms with Crippen LogP contribution >= 0.6 is 0 Å². The number of rotatable bonds is 5. The molecule has 0 N–H and O–H groups in total. The zero-order valence-electron chi connectivity index (χ0n) is 16.9. The quantitative estimate of drug-likeness (QED) is 0.408. The van der Waals surface area contributed by atoms with Crippen LogP contribution in [0.2, 0.25) is 0 Å². The number of esters is 1. The number of aromatic nitrogens is 6. The van der Waals surface area contributed by atoms with Gasteiger partial charge in [-0.2, -0.15) is 5.10 Å². The van der Waals surface area contributed by atoms with Crippen LogP contribution in [0.1, 0.15) is 16.1 Å². The van der Waals surface area contributed by atoms with Crippen LogP contribution < -0.4 is 4.74 Å². The zero-order chi connectivity index (χ0) is 21.4. The molecule has 0 aliphatic carbocycles. The Morgan fingerprint density at radius 3 is 2.68 bits per heavy atom. The van der Waals surface area contributed by atoms with Crippen molar-refractivity contribution in [2.24, 2.45) is 7.05 Å². The maximum atomic E-state index is 12.7. The summed E-state index contributed by atoms with van der Waals surface area (Å²) < 4.78 is 14.3. The largest absolute Gasteiger partial charge is 0.486 e. The Labute approximate surface area is 176 Å². The van der Waals surface area contributed by atoms with Crippen molar-refractivity contribution in [2.45, 2.75) is 6.61 Å². The summed E-state index contributed by atoms with van der Waals surface area (Å²) in [6.07, 6.45) is 3.22. The molecule has 0 spiro atoms. The number of aryl methyl sites for hydroxylation is 1. The zero-order valence-corrected chi connectivity index (χ0v) is 16.9. The van der Waals surface area contributed by atoms with Crippen molar-refractivity contribution in [3.05, 3.63) is 72.3 Å². The fraction of sp³-hybridized carbons (Fsp3) is 0.136. The van der Waals surface area contributed by atoms with Crippen LogP contribution in [0.4, 0.5) is 0 Å². The highest BCUT2D eigenvalue weighted by molar-refractivity contribution is 6.11. The first-order valence-corrected chi connectivity index (χ1v) is 9.57. The van der Waals surface area contributed by atoms with Crippen molar-refractivity contribution < 1.29 is 14.3 Å². The van der Waals surface area contributed by atoms with Gasteiger partial charge in [-0.15, -0.1) is 5.10 Å². The number of carbonyl (C=O) groups excluding carboxylic acids is 1. The van der Waals surface area contributed by atoms with Crippen molar-refractivity contribution in [2.75, 3.05) is 7.11 Å². The van der Waals surface area contributed by atoms with Gasteiger partial charge in [0.1, 0.15) is 18.6 Å². The van der Waals surface area contributed by atoms with Gasteiger partial charge in [-0.25, -0.2) is 14.3 Å². The Balaban J connectivity index is 1.80. The summed E-state index contributed by atoms with van der Waals surface area (Å²) in [6.45, 7) is 0.273. The SMILES string of the molecule is COC(=O)c1c(OCc2ccccc2)c2cccc(-c3cn(C)nn3)c2c2ncnn12. The number of hydrogen-bond donors (Lipinski definition) is 0. The minimum Gasteiger partial charge on any atom is -0.486 e.